The molecule has 28 heavy (non-hydrogen) atoms. The van der Waals surface area contributed by atoms with E-state index in [1.165, 1.54) is 61.4 Å². The summed E-state index contributed by atoms with van der Waals surface area (Å²) >= 11 is 3.19. The average Bonchev–Trinajstić information content (AvgIpc) is 3.16. The molecule has 1 amide bonds. The summed E-state index contributed by atoms with van der Waals surface area (Å²) in [5.74, 6) is -1.12. The third-order valence-electron chi connectivity index (χ3n) is 3.91. The van der Waals surface area contributed by atoms with E-state index in [1.54, 1.807) is 12.3 Å². The van der Waals surface area contributed by atoms with E-state index in [9.17, 15) is 17.6 Å². The summed E-state index contributed by atoms with van der Waals surface area (Å²) < 4.78 is 41.9. The van der Waals surface area contributed by atoms with Crippen molar-refractivity contribution in [3.05, 3.63) is 70.7 Å². The van der Waals surface area contributed by atoms with Crippen molar-refractivity contribution in [1.82, 2.24) is 14.1 Å². The highest BCUT2D eigenvalue weighted by Gasteiger charge is 2.22. The number of sulfonamides is 1. The van der Waals surface area contributed by atoms with Gasteiger partial charge in [0.05, 0.1) is 4.90 Å². The highest BCUT2D eigenvalue weighted by atomic mass is 79.9. The van der Waals surface area contributed by atoms with Gasteiger partial charge >= 0.3 is 0 Å². The Morgan fingerprint density at radius 1 is 1.21 bits per heavy atom. The molecule has 7 nitrogen and oxygen atoms in total. The molecule has 1 heterocycles. The van der Waals surface area contributed by atoms with Crippen LogP contribution in [0.1, 0.15) is 10.4 Å². The van der Waals surface area contributed by atoms with Crippen molar-refractivity contribution in [1.29, 1.82) is 0 Å². The topological polar surface area (TPSA) is 84.3 Å². The van der Waals surface area contributed by atoms with Crippen LogP contribution in [0.3, 0.4) is 0 Å². The van der Waals surface area contributed by atoms with Crippen LogP contribution in [0.25, 0.3) is 5.69 Å². The van der Waals surface area contributed by atoms with Crippen LogP contribution < -0.4 is 5.32 Å². The van der Waals surface area contributed by atoms with Gasteiger partial charge in [0.2, 0.25) is 10.0 Å². The maximum Gasteiger partial charge on any atom is 0.255 e. The van der Waals surface area contributed by atoms with Gasteiger partial charge in [0.1, 0.15) is 5.69 Å². The van der Waals surface area contributed by atoms with E-state index in [-0.39, 0.29) is 21.8 Å². The molecular weight excluding hydrogens is 451 g/mol. The Hall–Kier alpha value is -2.56. The number of amides is 1. The molecule has 1 N–H and O–H groups in total. The predicted octanol–water partition coefficient (Wildman–Crippen LogP) is 3.28. The minimum atomic E-state index is -3.74. The summed E-state index contributed by atoms with van der Waals surface area (Å²) in [7, 11) is -0.935. The summed E-state index contributed by atoms with van der Waals surface area (Å²) in [4.78, 5) is 12.5. The van der Waals surface area contributed by atoms with Crippen molar-refractivity contribution in [2.45, 2.75) is 4.90 Å². The standard InChI is InChI=1S/C18H16BrFN4O3S/c1-23(2)28(26,27)17-10-12(4-6-14(17)19)18(25)22-13-5-7-16(15(20)11-13)24-9-3-8-21-24/h3-11H,1-2H3,(H,22,25). The second-order valence-corrected chi connectivity index (χ2v) is 8.98. The number of hydrogen-bond acceptors (Lipinski definition) is 4. The molecule has 0 aliphatic heterocycles. The molecule has 1 aromatic heterocycles. The van der Waals surface area contributed by atoms with Crippen molar-refractivity contribution in [2.75, 3.05) is 19.4 Å². The molecule has 0 unspecified atom stereocenters. The van der Waals surface area contributed by atoms with Crippen LogP contribution in [0.15, 0.2) is 64.2 Å². The zero-order valence-electron chi connectivity index (χ0n) is 14.9. The molecule has 0 spiro atoms. The first-order valence-electron chi connectivity index (χ1n) is 8.03. The van der Waals surface area contributed by atoms with E-state index >= 15 is 0 Å². The lowest BCUT2D eigenvalue weighted by Crippen LogP contribution is -2.23. The van der Waals surface area contributed by atoms with E-state index in [4.69, 9.17) is 0 Å². The third kappa shape index (κ3) is 3.98. The number of benzene rings is 2. The Morgan fingerprint density at radius 3 is 2.57 bits per heavy atom. The molecule has 0 fully saturated rings. The van der Waals surface area contributed by atoms with E-state index < -0.39 is 21.7 Å². The zero-order chi connectivity index (χ0) is 20.5. The van der Waals surface area contributed by atoms with Crippen LogP contribution in [0.5, 0.6) is 0 Å². The molecule has 146 valence electrons. The minimum absolute atomic E-state index is 0.0367. The molecule has 10 heteroatoms. The van der Waals surface area contributed by atoms with Gasteiger partial charge in [0.15, 0.2) is 5.82 Å². The van der Waals surface area contributed by atoms with Crippen molar-refractivity contribution in [2.24, 2.45) is 0 Å². The van der Waals surface area contributed by atoms with Gasteiger partial charge in [-0.15, -0.1) is 0 Å². The summed E-state index contributed by atoms with van der Waals surface area (Å²) in [5, 5.41) is 6.53. The molecule has 3 rings (SSSR count). The van der Waals surface area contributed by atoms with Gasteiger partial charge in [-0.2, -0.15) is 5.10 Å². The molecular formula is C18H16BrFN4O3S. The molecule has 0 aliphatic rings. The SMILES string of the molecule is CN(C)S(=O)(=O)c1cc(C(=O)Nc2ccc(-n3cccn3)c(F)c2)ccc1Br. The second kappa shape index (κ2) is 7.82. The van der Waals surface area contributed by atoms with Crippen molar-refractivity contribution in [3.63, 3.8) is 0 Å². The number of aromatic nitrogens is 2. The van der Waals surface area contributed by atoms with Crippen LogP contribution >= 0.6 is 15.9 Å². The number of anilines is 1. The first-order chi connectivity index (χ1) is 13.2. The maximum atomic E-state index is 14.3. The summed E-state index contributed by atoms with van der Waals surface area (Å²) in [5.41, 5.74) is 0.601. The fraction of sp³-hybridized carbons (Fsp3) is 0.111. The summed E-state index contributed by atoms with van der Waals surface area (Å²) in [6.45, 7) is 0. The zero-order valence-corrected chi connectivity index (χ0v) is 17.3. The van der Waals surface area contributed by atoms with Crippen molar-refractivity contribution in [3.8, 4) is 5.69 Å². The number of carbonyl (C=O) groups excluding carboxylic acids is 1. The second-order valence-electron chi connectivity index (χ2n) is 6.00. The first-order valence-corrected chi connectivity index (χ1v) is 10.3. The van der Waals surface area contributed by atoms with Crippen LogP contribution in [0, 0.1) is 5.82 Å². The Morgan fingerprint density at radius 2 is 1.96 bits per heavy atom. The van der Waals surface area contributed by atoms with E-state index in [2.05, 4.69) is 26.3 Å². The number of carbonyl (C=O) groups is 1. The van der Waals surface area contributed by atoms with Crippen LogP contribution in [-0.4, -0.2) is 42.5 Å². The average molecular weight is 467 g/mol. The number of nitrogens with one attached hydrogen (secondary N) is 1. The minimum Gasteiger partial charge on any atom is -0.322 e. The molecule has 2 aromatic carbocycles. The fourth-order valence-electron chi connectivity index (χ4n) is 2.42. The summed E-state index contributed by atoms with van der Waals surface area (Å²) in [6, 6.07) is 10.1. The molecule has 3 aromatic rings. The van der Waals surface area contributed by atoms with Crippen molar-refractivity contribution < 1.29 is 17.6 Å². The Kier molecular flexibility index (Phi) is 5.64. The monoisotopic (exact) mass is 466 g/mol. The normalized spacial score (nSPS) is 11.6. The van der Waals surface area contributed by atoms with Crippen LogP contribution in [-0.2, 0) is 10.0 Å². The van der Waals surface area contributed by atoms with Crippen LogP contribution in [0.2, 0.25) is 0 Å². The predicted molar refractivity (Wildman–Crippen MR) is 106 cm³/mol. The number of nitrogens with zero attached hydrogens (tertiary/aromatic N) is 3. The highest BCUT2D eigenvalue weighted by Crippen LogP contribution is 2.26. The Labute approximate surface area is 170 Å². The lowest BCUT2D eigenvalue weighted by atomic mass is 10.2. The quantitative estimate of drug-likeness (QED) is 0.625. The third-order valence-corrected chi connectivity index (χ3v) is 6.72. The van der Waals surface area contributed by atoms with Gasteiger partial charge < -0.3 is 5.32 Å². The molecule has 0 aliphatic carbocycles. The largest absolute Gasteiger partial charge is 0.322 e. The molecule has 0 atom stereocenters. The van der Waals surface area contributed by atoms with Crippen LogP contribution in [0.4, 0.5) is 10.1 Å². The maximum absolute atomic E-state index is 14.3. The van der Waals surface area contributed by atoms with Crippen molar-refractivity contribution >= 4 is 37.5 Å². The Balaban J connectivity index is 1.87. The lowest BCUT2D eigenvalue weighted by molar-refractivity contribution is 0.102. The van der Waals surface area contributed by atoms with Gasteiger partial charge in [0, 0.05) is 42.2 Å². The fourth-order valence-corrected chi connectivity index (χ4v) is 4.27. The highest BCUT2D eigenvalue weighted by molar-refractivity contribution is 9.10. The summed E-state index contributed by atoms with van der Waals surface area (Å²) in [6.07, 6.45) is 3.13. The molecule has 0 saturated heterocycles. The Bertz CT molecular complexity index is 1130. The molecule has 0 radical (unpaired) electrons. The first kappa shape index (κ1) is 20.2. The van der Waals surface area contributed by atoms with Gasteiger partial charge in [-0.3, -0.25) is 4.79 Å². The van der Waals surface area contributed by atoms with E-state index in [0.29, 0.717) is 4.47 Å². The van der Waals surface area contributed by atoms with Gasteiger partial charge in [0.25, 0.3) is 5.91 Å². The number of rotatable bonds is 5. The van der Waals surface area contributed by atoms with Gasteiger partial charge in [-0.05, 0) is 58.4 Å². The number of hydrogen-bond donors (Lipinski definition) is 1. The van der Waals surface area contributed by atoms with Gasteiger partial charge in [-0.25, -0.2) is 21.8 Å². The smallest absolute Gasteiger partial charge is 0.255 e. The van der Waals surface area contributed by atoms with E-state index in [0.717, 1.165) is 4.31 Å². The lowest BCUT2D eigenvalue weighted by Gasteiger charge is -2.14. The van der Waals surface area contributed by atoms with E-state index in [1.807, 2.05) is 0 Å². The number of halogens is 2. The molecule has 0 saturated carbocycles. The van der Waals surface area contributed by atoms with Gasteiger partial charge in [-0.1, -0.05) is 0 Å². The molecule has 0 bridgehead atoms.